The van der Waals surface area contributed by atoms with E-state index in [9.17, 15) is 5.26 Å². The first-order chi connectivity index (χ1) is 10.7. The molecule has 1 aliphatic rings. The van der Waals surface area contributed by atoms with Crippen LogP contribution in [0.2, 0.25) is 0 Å². The van der Waals surface area contributed by atoms with E-state index in [-0.39, 0.29) is 11.8 Å². The standard InChI is InChI=1S/C17H18N4O/c1-3-4-13-15-14(11-7-5-10(2)6-8-11)12(9-18)16(19)22-17(15)21-20-13/h5-8,12,14,19H,3-4H2,1-2H3,(H,20,21). The first-order valence-electron chi connectivity index (χ1n) is 7.45. The summed E-state index contributed by atoms with van der Waals surface area (Å²) in [4.78, 5) is 0. The van der Waals surface area contributed by atoms with Crippen molar-refractivity contribution >= 4 is 5.90 Å². The molecular formula is C17H18N4O. The number of benzene rings is 1. The van der Waals surface area contributed by atoms with Gasteiger partial charge in [0, 0.05) is 17.2 Å². The summed E-state index contributed by atoms with van der Waals surface area (Å²) in [6, 6.07) is 10.3. The van der Waals surface area contributed by atoms with E-state index < -0.39 is 5.92 Å². The number of nitrogens with one attached hydrogen (secondary N) is 2. The van der Waals surface area contributed by atoms with E-state index in [1.165, 1.54) is 5.56 Å². The van der Waals surface area contributed by atoms with Gasteiger partial charge in [0.2, 0.25) is 11.8 Å². The lowest BCUT2D eigenvalue weighted by molar-refractivity contribution is 0.436. The Kier molecular flexibility index (Phi) is 3.68. The molecule has 0 saturated heterocycles. The second-order valence-electron chi connectivity index (χ2n) is 5.63. The van der Waals surface area contributed by atoms with E-state index in [2.05, 4.69) is 23.2 Å². The Morgan fingerprint density at radius 3 is 2.73 bits per heavy atom. The van der Waals surface area contributed by atoms with Crippen molar-refractivity contribution in [1.82, 2.24) is 10.2 Å². The van der Waals surface area contributed by atoms with Crippen LogP contribution in [0.5, 0.6) is 5.88 Å². The predicted molar refractivity (Wildman–Crippen MR) is 83.1 cm³/mol. The van der Waals surface area contributed by atoms with E-state index >= 15 is 0 Å². The summed E-state index contributed by atoms with van der Waals surface area (Å²) in [5, 5.41) is 24.7. The third-order valence-corrected chi connectivity index (χ3v) is 4.06. The molecule has 5 heteroatoms. The van der Waals surface area contributed by atoms with Gasteiger partial charge < -0.3 is 4.74 Å². The zero-order valence-electron chi connectivity index (χ0n) is 12.7. The number of nitrogens with zero attached hydrogens (tertiary/aromatic N) is 2. The summed E-state index contributed by atoms with van der Waals surface area (Å²) in [6.45, 7) is 4.13. The largest absolute Gasteiger partial charge is 0.422 e. The number of hydrogen-bond acceptors (Lipinski definition) is 4. The highest BCUT2D eigenvalue weighted by Gasteiger charge is 2.40. The van der Waals surface area contributed by atoms with Gasteiger partial charge in [0.05, 0.1) is 6.07 Å². The lowest BCUT2D eigenvalue weighted by atomic mass is 9.79. The van der Waals surface area contributed by atoms with Crippen LogP contribution in [0.3, 0.4) is 0 Å². The summed E-state index contributed by atoms with van der Waals surface area (Å²) in [5.41, 5.74) is 4.11. The van der Waals surface area contributed by atoms with E-state index in [4.69, 9.17) is 10.1 Å². The number of rotatable bonds is 3. The quantitative estimate of drug-likeness (QED) is 0.910. The maximum Gasteiger partial charge on any atom is 0.243 e. The summed E-state index contributed by atoms with van der Waals surface area (Å²) in [7, 11) is 0. The zero-order chi connectivity index (χ0) is 15.7. The molecule has 1 aromatic carbocycles. The van der Waals surface area contributed by atoms with E-state index in [1.807, 2.05) is 31.2 Å². The smallest absolute Gasteiger partial charge is 0.243 e. The lowest BCUT2D eigenvalue weighted by Crippen LogP contribution is -2.31. The molecule has 22 heavy (non-hydrogen) atoms. The van der Waals surface area contributed by atoms with Crippen LogP contribution in [-0.4, -0.2) is 16.1 Å². The molecule has 0 bridgehead atoms. The van der Waals surface area contributed by atoms with Crippen LogP contribution in [0.4, 0.5) is 0 Å². The molecule has 0 spiro atoms. The lowest BCUT2D eigenvalue weighted by Gasteiger charge is -2.28. The fraction of sp³-hybridized carbons (Fsp3) is 0.353. The highest BCUT2D eigenvalue weighted by atomic mass is 16.5. The number of nitriles is 1. The SMILES string of the molecule is CCCc1[nH]nc2c1C(c1ccc(C)cc1)C(C#N)C(=N)O2. The van der Waals surface area contributed by atoms with E-state index in [1.54, 1.807) is 0 Å². The molecule has 0 saturated carbocycles. The Balaban J connectivity index is 2.16. The molecule has 5 nitrogen and oxygen atoms in total. The molecular weight excluding hydrogens is 276 g/mol. The van der Waals surface area contributed by atoms with Gasteiger partial charge in [-0.05, 0) is 18.9 Å². The number of ether oxygens (including phenoxy) is 1. The van der Waals surface area contributed by atoms with Gasteiger partial charge in [0.25, 0.3) is 0 Å². The first kappa shape index (κ1) is 14.3. The topological polar surface area (TPSA) is 85.5 Å². The number of hydrogen-bond donors (Lipinski definition) is 2. The second kappa shape index (κ2) is 5.64. The van der Waals surface area contributed by atoms with E-state index in [0.29, 0.717) is 5.88 Å². The summed E-state index contributed by atoms with van der Waals surface area (Å²) in [5.74, 6) is -0.425. The Hall–Kier alpha value is -2.61. The second-order valence-corrected chi connectivity index (χ2v) is 5.63. The third kappa shape index (κ3) is 2.27. The minimum Gasteiger partial charge on any atom is -0.422 e. The molecule has 2 N–H and O–H groups in total. The number of aromatic nitrogens is 2. The molecule has 1 aliphatic heterocycles. The van der Waals surface area contributed by atoms with Gasteiger partial charge in [-0.25, -0.2) is 0 Å². The number of fused-ring (bicyclic) bond motifs is 1. The molecule has 2 heterocycles. The van der Waals surface area contributed by atoms with Gasteiger partial charge in [0.1, 0.15) is 5.92 Å². The molecule has 112 valence electrons. The molecule has 0 amide bonds. The summed E-state index contributed by atoms with van der Waals surface area (Å²) < 4.78 is 5.46. The molecule has 0 radical (unpaired) electrons. The fourth-order valence-electron chi connectivity index (χ4n) is 2.96. The molecule has 0 aliphatic carbocycles. The number of aromatic amines is 1. The van der Waals surface area contributed by atoms with Crippen molar-refractivity contribution in [1.29, 1.82) is 10.7 Å². The molecule has 3 rings (SSSR count). The normalized spacial score (nSPS) is 20.1. The number of aryl methyl sites for hydroxylation is 2. The van der Waals surface area contributed by atoms with Crippen LogP contribution in [0.15, 0.2) is 24.3 Å². The molecule has 1 aromatic heterocycles. The highest BCUT2D eigenvalue weighted by Crippen LogP contribution is 2.43. The highest BCUT2D eigenvalue weighted by molar-refractivity contribution is 5.84. The van der Waals surface area contributed by atoms with Gasteiger partial charge in [0.15, 0.2) is 0 Å². The predicted octanol–water partition coefficient (Wildman–Crippen LogP) is 3.31. The van der Waals surface area contributed by atoms with Crippen molar-refractivity contribution in [3.63, 3.8) is 0 Å². The minimum atomic E-state index is -0.622. The van der Waals surface area contributed by atoms with Crippen LogP contribution < -0.4 is 4.74 Å². The third-order valence-electron chi connectivity index (χ3n) is 4.06. The molecule has 2 unspecified atom stereocenters. The van der Waals surface area contributed by atoms with Crippen LogP contribution in [-0.2, 0) is 6.42 Å². The van der Waals surface area contributed by atoms with Gasteiger partial charge >= 0.3 is 0 Å². The fourth-order valence-corrected chi connectivity index (χ4v) is 2.96. The Labute approximate surface area is 129 Å². The van der Waals surface area contributed by atoms with Gasteiger partial charge in [-0.3, -0.25) is 10.5 Å². The van der Waals surface area contributed by atoms with Crippen molar-refractivity contribution in [2.75, 3.05) is 0 Å². The zero-order valence-corrected chi connectivity index (χ0v) is 12.7. The summed E-state index contributed by atoms with van der Waals surface area (Å²) >= 11 is 0. The maximum atomic E-state index is 9.53. The van der Waals surface area contributed by atoms with Crippen molar-refractivity contribution in [2.45, 2.75) is 32.6 Å². The maximum absolute atomic E-state index is 9.53. The average molecular weight is 294 g/mol. The van der Waals surface area contributed by atoms with E-state index in [0.717, 1.165) is 29.7 Å². The molecule has 0 fully saturated rings. The van der Waals surface area contributed by atoms with Crippen LogP contribution in [0.25, 0.3) is 0 Å². The minimum absolute atomic E-state index is 0.0323. The van der Waals surface area contributed by atoms with Crippen LogP contribution in [0, 0.1) is 29.6 Å². The van der Waals surface area contributed by atoms with Crippen molar-refractivity contribution in [3.8, 4) is 11.9 Å². The van der Waals surface area contributed by atoms with Gasteiger partial charge in [-0.1, -0.05) is 43.2 Å². The van der Waals surface area contributed by atoms with Crippen LogP contribution >= 0.6 is 0 Å². The Morgan fingerprint density at radius 1 is 1.36 bits per heavy atom. The molecule has 2 atom stereocenters. The van der Waals surface area contributed by atoms with Crippen molar-refractivity contribution < 1.29 is 4.74 Å². The van der Waals surface area contributed by atoms with Gasteiger partial charge in [-0.15, -0.1) is 5.10 Å². The number of H-pyrrole nitrogens is 1. The van der Waals surface area contributed by atoms with Gasteiger partial charge in [-0.2, -0.15) is 5.26 Å². The van der Waals surface area contributed by atoms with Crippen molar-refractivity contribution in [3.05, 3.63) is 46.6 Å². The summed E-state index contributed by atoms with van der Waals surface area (Å²) in [6.07, 6.45) is 1.82. The first-order valence-corrected chi connectivity index (χ1v) is 7.45. The average Bonchev–Trinajstić information content (AvgIpc) is 2.90. The van der Waals surface area contributed by atoms with Crippen molar-refractivity contribution in [2.24, 2.45) is 5.92 Å². The van der Waals surface area contributed by atoms with Crippen LogP contribution in [0.1, 0.15) is 41.6 Å². The Bertz CT molecular complexity index is 739. The molecule has 2 aromatic rings. The Morgan fingerprint density at radius 2 is 2.09 bits per heavy atom. The monoisotopic (exact) mass is 294 g/mol.